The summed E-state index contributed by atoms with van der Waals surface area (Å²) in [6.45, 7) is 1.64. The first-order valence-electron chi connectivity index (χ1n) is 5.76. The van der Waals surface area contributed by atoms with Crippen LogP contribution in [-0.2, 0) is 9.53 Å². The van der Waals surface area contributed by atoms with Gasteiger partial charge in [0.2, 0.25) is 5.91 Å². The van der Waals surface area contributed by atoms with Crippen LogP contribution < -0.4 is 5.73 Å². The van der Waals surface area contributed by atoms with E-state index < -0.39 is 0 Å². The topological polar surface area (TPSA) is 73.4 Å². The van der Waals surface area contributed by atoms with Gasteiger partial charge in [0.25, 0.3) is 0 Å². The van der Waals surface area contributed by atoms with Gasteiger partial charge in [-0.1, -0.05) is 0 Å². The molecule has 2 atom stereocenters. The fraction of sp³-hybridized carbons (Fsp3) is 0.636. The number of nitrogens with zero attached hydrogens (tertiary/aromatic N) is 3. The van der Waals surface area contributed by atoms with Gasteiger partial charge in [-0.2, -0.15) is 5.10 Å². The average Bonchev–Trinajstić information content (AvgIpc) is 2.97. The number of hydrogen-bond donors (Lipinski definition) is 1. The lowest BCUT2D eigenvalue weighted by Gasteiger charge is -2.16. The summed E-state index contributed by atoms with van der Waals surface area (Å²) in [5.41, 5.74) is 5.40. The van der Waals surface area contributed by atoms with E-state index in [1.807, 2.05) is 16.9 Å². The minimum atomic E-state index is -0.00313. The van der Waals surface area contributed by atoms with Gasteiger partial charge in [-0.15, -0.1) is 0 Å². The number of rotatable bonds is 4. The summed E-state index contributed by atoms with van der Waals surface area (Å²) in [7, 11) is 1.66. The molecule has 17 heavy (non-hydrogen) atoms. The Balaban J connectivity index is 2.06. The standard InChI is InChI=1S/C11H18N4O2/c1-17-10-8-14(11(16)3-4-12)7-9(10)15-6-2-5-13-15/h2,5-6,9-10H,3-4,7-8,12H2,1H3. The van der Waals surface area contributed by atoms with Crippen molar-refractivity contribution >= 4 is 5.91 Å². The number of hydrogen-bond acceptors (Lipinski definition) is 4. The van der Waals surface area contributed by atoms with Crippen molar-refractivity contribution in [3.8, 4) is 0 Å². The van der Waals surface area contributed by atoms with Gasteiger partial charge in [0, 0.05) is 45.6 Å². The van der Waals surface area contributed by atoms with Gasteiger partial charge >= 0.3 is 0 Å². The summed E-state index contributed by atoms with van der Waals surface area (Å²) in [6.07, 6.45) is 4.02. The molecule has 1 saturated heterocycles. The number of methoxy groups -OCH3 is 1. The number of nitrogens with two attached hydrogens (primary N) is 1. The Bertz CT molecular complexity index is 366. The van der Waals surface area contributed by atoms with Crippen molar-refractivity contribution in [1.29, 1.82) is 0 Å². The first-order valence-corrected chi connectivity index (χ1v) is 5.76. The van der Waals surface area contributed by atoms with E-state index >= 15 is 0 Å². The molecule has 6 nitrogen and oxygen atoms in total. The molecule has 0 spiro atoms. The Labute approximate surface area is 100 Å². The van der Waals surface area contributed by atoms with E-state index in [1.165, 1.54) is 0 Å². The van der Waals surface area contributed by atoms with Crippen LogP contribution in [-0.4, -0.2) is 53.4 Å². The van der Waals surface area contributed by atoms with Crippen LogP contribution >= 0.6 is 0 Å². The van der Waals surface area contributed by atoms with Crippen molar-refractivity contribution < 1.29 is 9.53 Å². The summed E-state index contributed by atoms with van der Waals surface area (Å²) < 4.78 is 7.27. The molecule has 1 fully saturated rings. The summed E-state index contributed by atoms with van der Waals surface area (Å²) >= 11 is 0. The fourth-order valence-electron chi connectivity index (χ4n) is 2.20. The first kappa shape index (κ1) is 12.1. The zero-order valence-electron chi connectivity index (χ0n) is 9.95. The third-order valence-corrected chi connectivity index (χ3v) is 3.12. The molecule has 0 aliphatic carbocycles. The predicted molar refractivity (Wildman–Crippen MR) is 62.3 cm³/mol. The van der Waals surface area contributed by atoms with E-state index in [9.17, 15) is 4.79 Å². The molecule has 2 unspecified atom stereocenters. The van der Waals surface area contributed by atoms with Gasteiger partial charge in [0.15, 0.2) is 0 Å². The maximum absolute atomic E-state index is 11.8. The fourth-order valence-corrected chi connectivity index (χ4v) is 2.20. The van der Waals surface area contributed by atoms with Gasteiger partial charge in [-0.25, -0.2) is 0 Å². The molecule has 0 aromatic carbocycles. The Morgan fingerprint density at radius 2 is 2.41 bits per heavy atom. The van der Waals surface area contributed by atoms with Gasteiger partial charge < -0.3 is 15.4 Å². The second-order valence-electron chi connectivity index (χ2n) is 4.16. The largest absolute Gasteiger partial charge is 0.377 e. The van der Waals surface area contributed by atoms with Crippen LogP contribution in [0.2, 0.25) is 0 Å². The molecule has 0 saturated carbocycles. The molecular formula is C11H18N4O2. The number of aromatic nitrogens is 2. The molecule has 2 heterocycles. The van der Waals surface area contributed by atoms with Crippen LogP contribution in [0.15, 0.2) is 18.5 Å². The highest BCUT2D eigenvalue weighted by atomic mass is 16.5. The van der Waals surface area contributed by atoms with Crippen LogP contribution in [0.25, 0.3) is 0 Å². The molecule has 94 valence electrons. The van der Waals surface area contributed by atoms with Crippen molar-refractivity contribution in [2.45, 2.75) is 18.6 Å². The molecular weight excluding hydrogens is 220 g/mol. The van der Waals surface area contributed by atoms with Crippen molar-refractivity contribution in [2.24, 2.45) is 5.73 Å². The number of ether oxygens (including phenoxy) is 1. The van der Waals surface area contributed by atoms with Crippen LogP contribution in [0, 0.1) is 0 Å². The average molecular weight is 238 g/mol. The van der Waals surface area contributed by atoms with Gasteiger partial charge in [-0.3, -0.25) is 9.48 Å². The maximum Gasteiger partial charge on any atom is 0.224 e. The van der Waals surface area contributed by atoms with E-state index in [0.29, 0.717) is 26.1 Å². The normalized spacial score (nSPS) is 24.2. The molecule has 1 aromatic heterocycles. The highest BCUT2D eigenvalue weighted by molar-refractivity contribution is 5.76. The molecule has 0 radical (unpaired) electrons. The smallest absolute Gasteiger partial charge is 0.224 e. The summed E-state index contributed by atoms with van der Waals surface area (Å²) in [5, 5.41) is 4.21. The minimum absolute atomic E-state index is 0.00313. The van der Waals surface area contributed by atoms with Crippen LogP contribution in [0.1, 0.15) is 12.5 Å². The highest BCUT2D eigenvalue weighted by Crippen LogP contribution is 2.24. The summed E-state index contributed by atoms with van der Waals surface area (Å²) in [6, 6.07) is 1.97. The predicted octanol–water partition coefficient (Wildman–Crippen LogP) is -0.370. The Morgan fingerprint density at radius 3 is 3.00 bits per heavy atom. The molecule has 1 aromatic rings. The molecule has 6 heteroatoms. The molecule has 2 rings (SSSR count). The first-order chi connectivity index (χ1) is 8.26. The highest BCUT2D eigenvalue weighted by Gasteiger charge is 2.36. The Morgan fingerprint density at radius 1 is 1.59 bits per heavy atom. The van der Waals surface area contributed by atoms with Gasteiger partial charge in [0.05, 0.1) is 12.1 Å². The second-order valence-corrected chi connectivity index (χ2v) is 4.16. The van der Waals surface area contributed by atoms with E-state index in [0.717, 1.165) is 0 Å². The van der Waals surface area contributed by atoms with E-state index in [4.69, 9.17) is 10.5 Å². The third kappa shape index (κ3) is 2.48. The summed E-state index contributed by atoms with van der Waals surface area (Å²) in [5.74, 6) is 0.0872. The van der Waals surface area contributed by atoms with Crippen LogP contribution in [0.4, 0.5) is 0 Å². The van der Waals surface area contributed by atoms with Gasteiger partial charge in [-0.05, 0) is 6.07 Å². The maximum atomic E-state index is 11.8. The SMILES string of the molecule is COC1CN(C(=O)CCN)CC1n1cccn1. The minimum Gasteiger partial charge on any atom is -0.377 e. The van der Waals surface area contributed by atoms with Crippen molar-refractivity contribution in [1.82, 2.24) is 14.7 Å². The van der Waals surface area contributed by atoms with Crippen molar-refractivity contribution in [3.05, 3.63) is 18.5 Å². The lowest BCUT2D eigenvalue weighted by molar-refractivity contribution is -0.130. The third-order valence-electron chi connectivity index (χ3n) is 3.12. The number of carbonyl (C=O) groups is 1. The van der Waals surface area contributed by atoms with E-state index in [1.54, 1.807) is 18.2 Å². The molecule has 1 aliphatic rings. The van der Waals surface area contributed by atoms with Crippen LogP contribution in [0.5, 0.6) is 0 Å². The van der Waals surface area contributed by atoms with E-state index in [-0.39, 0.29) is 18.1 Å². The zero-order chi connectivity index (χ0) is 12.3. The van der Waals surface area contributed by atoms with Gasteiger partial charge in [0.1, 0.15) is 0 Å². The molecule has 2 N–H and O–H groups in total. The lowest BCUT2D eigenvalue weighted by atomic mass is 10.2. The summed E-state index contributed by atoms with van der Waals surface area (Å²) in [4.78, 5) is 13.6. The quantitative estimate of drug-likeness (QED) is 0.776. The molecule has 0 bridgehead atoms. The molecule has 1 amide bonds. The number of likely N-dealkylation sites (tertiary alicyclic amines) is 1. The monoisotopic (exact) mass is 238 g/mol. The second kappa shape index (κ2) is 5.29. The number of amides is 1. The van der Waals surface area contributed by atoms with Crippen molar-refractivity contribution in [3.63, 3.8) is 0 Å². The Hall–Kier alpha value is -1.40. The van der Waals surface area contributed by atoms with Crippen LogP contribution in [0.3, 0.4) is 0 Å². The zero-order valence-corrected chi connectivity index (χ0v) is 9.95. The molecule has 1 aliphatic heterocycles. The lowest BCUT2D eigenvalue weighted by Crippen LogP contribution is -2.31. The van der Waals surface area contributed by atoms with E-state index in [2.05, 4.69) is 5.10 Å². The van der Waals surface area contributed by atoms with Crippen molar-refractivity contribution in [2.75, 3.05) is 26.7 Å². The number of carbonyl (C=O) groups excluding carboxylic acids is 1. The Kier molecular flexibility index (Phi) is 3.75.